The lowest BCUT2D eigenvalue weighted by molar-refractivity contribution is -0.119. The van der Waals surface area contributed by atoms with Crippen molar-refractivity contribution in [3.8, 4) is 5.75 Å². The molecule has 0 saturated carbocycles. The Bertz CT molecular complexity index is 1270. The molecule has 0 saturated heterocycles. The minimum Gasteiger partial charge on any atom is -0.497 e. The SMILES string of the molecule is COc1ccc2cc(CCC(=O)CC(NCCc3ccc(C(=O)O)cc3)C3=CCCC=C3)ccc2c1. The van der Waals surface area contributed by atoms with E-state index in [0.29, 0.717) is 24.9 Å². The van der Waals surface area contributed by atoms with Gasteiger partial charge in [0.15, 0.2) is 0 Å². The Kier molecular flexibility index (Phi) is 8.69. The van der Waals surface area contributed by atoms with E-state index in [4.69, 9.17) is 9.84 Å². The molecule has 2 N–H and O–H groups in total. The van der Waals surface area contributed by atoms with E-state index in [2.05, 4.69) is 47.8 Å². The van der Waals surface area contributed by atoms with Crippen LogP contribution in [0.3, 0.4) is 0 Å². The van der Waals surface area contributed by atoms with Crippen LogP contribution in [0.15, 0.2) is 84.5 Å². The molecule has 0 aromatic heterocycles. The number of fused-ring (bicyclic) bond motifs is 1. The topological polar surface area (TPSA) is 75.6 Å². The minimum absolute atomic E-state index is 0.0172. The van der Waals surface area contributed by atoms with Crippen LogP contribution in [0.25, 0.3) is 10.8 Å². The average Bonchev–Trinajstić information content (AvgIpc) is 2.91. The molecule has 36 heavy (non-hydrogen) atoms. The van der Waals surface area contributed by atoms with Gasteiger partial charge in [-0.15, -0.1) is 0 Å². The highest BCUT2D eigenvalue weighted by Gasteiger charge is 2.17. The molecule has 1 unspecified atom stereocenters. The van der Waals surface area contributed by atoms with Crippen LogP contribution in [0.5, 0.6) is 5.75 Å². The van der Waals surface area contributed by atoms with Gasteiger partial charge in [-0.25, -0.2) is 4.79 Å². The van der Waals surface area contributed by atoms with Gasteiger partial charge in [-0.05, 0) is 84.0 Å². The second-order valence-electron chi connectivity index (χ2n) is 9.23. The van der Waals surface area contributed by atoms with Gasteiger partial charge < -0.3 is 15.2 Å². The summed E-state index contributed by atoms with van der Waals surface area (Å²) in [4.78, 5) is 24.0. The van der Waals surface area contributed by atoms with Crippen LogP contribution in [-0.4, -0.2) is 36.6 Å². The molecule has 3 aromatic carbocycles. The zero-order chi connectivity index (χ0) is 25.3. The van der Waals surface area contributed by atoms with E-state index in [0.717, 1.165) is 53.3 Å². The van der Waals surface area contributed by atoms with Crippen molar-refractivity contribution in [3.05, 3.63) is 101 Å². The second kappa shape index (κ2) is 12.3. The molecule has 0 aliphatic heterocycles. The van der Waals surface area contributed by atoms with E-state index in [-0.39, 0.29) is 11.8 Å². The van der Waals surface area contributed by atoms with E-state index in [1.54, 1.807) is 19.2 Å². The van der Waals surface area contributed by atoms with Crippen LogP contribution in [0.1, 0.15) is 47.2 Å². The Morgan fingerprint density at radius 3 is 2.42 bits per heavy atom. The van der Waals surface area contributed by atoms with E-state index in [9.17, 15) is 9.59 Å². The van der Waals surface area contributed by atoms with Crippen molar-refractivity contribution in [2.75, 3.05) is 13.7 Å². The molecule has 0 radical (unpaired) electrons. The number of nitrogens with one attached hydrogen (secondary N) is 1. The summed E-state index contributed by atoms with van der Waals surface area (Å²) in [5.41, 5.74) is 3.70. The molecular formula is C31H33NO4. The summed E-state index contributed by atoms with van der Waals surface area (Å²) in [5.74, 6) is 0.165. The molecule has 5 nitrogen and oxygen atoms in total. The van der Waals surface area contributed by atoms with E-state index in [1.807, 2.05) is 24.3 Å². The van der Waals surface area contributed by atoms with Gasteiger partial charge in [-0.3, -0.25) is 4.79 Å². The fourth-order valence-electron chi connectivity index (χ4n) is 4.57. The largest absolute Gasteiger partial charge is 0.497 e. The molecular weight excluding hydrogens is 450 g/mol. The van der Waals surface area contributed by atoms with Crippen LogP contribution in [0.2, 0.25) is 0 Å². The van der Waals surface area contributed by atoms with Crippen molar-refractivity contribution in [2.45, 2.75) is 44.6 Å². The number of carbonyl (C=O) groups excluding carboxylic acids is 1. The van der Waals surface area contributed by atoms with E-state index >= 15 is 0 Å². The number of Topliss-reactive ketones (excluding diaryl/α,β-unsaturated/α-hetero) is 1. The highest BCUT2D eigenvalue weighted by atomic mass is 16.5. The molecule has 1 aliphatic carbocycles. The number of allylic oxidation sites excluding steroid dienone is 2. The first-order chi connectivity index (χ1) is 17.5. The monoisotopic (exact) mass is 483 g/mol. The smallest absolute Gasteiger partial charge is 0.335 e. The van der Waals surface area contributed by atoms with Gasteiger partial charge in [-0.1, -0.05) is 54.6 Å². The number of carboxylic acid groups (broad SMARTS) is 1. The van der Waals surface area contributed by atoms with E-state index < -0.39 is 5.97 Å². The molecule has 5 heteroatoms. The predicted octanol–water partition coefficient (Wildman–Crippen LogP) is 5.92. The van der Waals surface area contributed by atoms with Crippen molar-refractivity contribution >= 4 is 22.5 Å². The Balaban J connectivity index is 1.33. The van der Waals surface area contributed by atoms with Crippen molar-refractivity contribution in [1.82, 2.24) is 5.32 Å². The Morgan fingerprint density at radius 1 is 0.944 bits per heavy atom. The van der Waals surface area contributed by atoms with Gasteiger partial charge in [0.25, 0.3) is 0 Å². The van der Waals surface area contributed by atoms with Crippen LogP contribution in [0.4, 0.5) is 0 Å². The lowest BCUT2D eigenvalue weighted by atomic mass is 9.94. The molecule has 1 atom stereocenters. The van der Waals surface area contributed by atoms with E-state index in [1.165, 1.54) is 5.57 Å². The molecule has 0 amide bonds. The first-order valence-corrected chi connectivity index (χ1v) is 12.5. The Hall–Kier alpha value is -3.70. The second-order valence-corrected chi connectivity index (χ2v) is 9.23. The molecule has 0 heterocycles. The summed E-state index contributed by atoms with van der Waals surface area (Å²) in [5, 5.41) is 14.9. The van der Waals surface area contributed by atoms with Gasteiger partial charge in [-0.2, -0.15) is 0 Å². The van der Waals surface area contributed by atoms with Gasteiger partial charge in [0.1, 0.15) is 11.5 Å². The number of ketones is 1. The molecule has 186 valence electrons. The summed E-state index contributed by atoms with van der Waals surface area (Å²) in [7, 11) is 1.67. The number of benzene rings is 3. The number of methoxy groups -OCH3 is 1. The quantitative estimate of drug-likeness (QED) is 0.335. The predicted molar refractivity (Wildman–Crippen MR) is 144 cm³/mol. The number of ether oxygens (including phenoxy) is 1. The number of rotatable bonds is 12. The highest BCUT2D eigenvalue weighted by Crippen LogP contribution is 2.23. The molecule has 1 aliphatic rings. The van der Waals surface area contributed by atoms with Gasteiger partial charge in [0, 0.05) is 18.9 Å². The van der Waals surface area contributed by atoms with Gasteiger partial charge >= 0.3 is 5.97 Å². The lowest BCUT2D eigenvalue weighted by Gasteiger charge is -2.21. The summed E-state index contributed by atoms with van der Waals surface area (Å²) < 4.78 is 5.30. The van der Waals surface area contributed by atoms with Crippen molar-refractivity contribution in [2.24, 2.45) is 0 Å². The van der Waals surface area contributed by atoms with Crippen molar-refractivity contribution in [1.29, 1.82) is 0 Å². The summed E-state index contributed by atoms with van der Waals surface area (Å²) in [6.45, 7) is 0.712. The van der Waals surface area contributed by atoms with Crippen LogP contribution >= 0.6 is 0 Å². The molecule has 0 bridgehead atoms. The lowest BCUT2D eigenvalue weighted by Crippen LogP contribution is -2.34. The minimum atomic E-state index is -0.918. The Labute approximate surface area is 212 Å². The Morgan fingerprint density at radius 2 is 1.69 bits per heavy atom. The molecule has 3 aromatic rings. The third kappa shape index (κ3) is 6.92. The van der Waals surface area contributed by atoms with Gasteiger partial charge in [0.05, 0.1) is 12.7 Å². The first kappa shape index (κ1) is 25.4. The third-order valence-electron chi connectivity index (χ3n) is 6.67. The maximum Gasteiger partial charge on any atom is 0.335 e. The number of hydrogen-bond donors (Lipinski definition) is 2. The van der Waals surface area contributed by atoms with Crippen molar-refractivity contribution < 1.29 is 19.4 Å². The maximum absolute atomic E-state index is 13.0. The summed E-state index contributed by atoms with van der Waals surface area (Å²) >= 11 is 0. The van der Waals surface area contributed by atoms with Crippen LogP contribution in [-0.2, 0) is 17.6 Å². The number of carbonyl (C=O) groups is 2. The summed E-state index contributed by atoms with van der Waals surface area (Å²) in [6, 6.07) is 19.3. The molecule has 0 spiro atoms. The fraction of sp³-hybridized carbons (Fsp3) is 0.290. The van der Waals surface area contributed by atoms with Crippen molar-refractivity contribution in [3.63, 3.8) is 0 Å². The molecule has 4 rings (SSSR count). The van der Waals surface area contributed by atoms with Gasteiger partial charge in [0.2, 0.25) is 0 Å². The number of aryl methyl sites for hydroxylation is 1. The first-order valence-electron chi connectivity index (χ1n) is 12.5. The standard InChI is InChI=1S/C31H33NO4/c1-36-29-16-14-26-19-23(9-13-27(26)20-29)10-15-28(33)21-30(24-5-3-2-4-6-24)32-18-17-22-7-11-25(12-8-22)31(34)35/h3,5-9,11-14,16,19-20,30,32H,2,4,10,15,17-18,21H2,1H3,(H,34,35). The maximum atomic E-state index is 13.0. The van der Waals surface area contributed by atoms with Crippen LogP contribution < -0.4 is 10.1 Å². The normalized spacial score (nSPS) is 13.9. The highest BCUT2D eigenvalue weighted by molar-refractivity contribution is 5.87. The number of hydrogen-bond acceptors (Lipinski definition) is 4. The third-order valence-corrected chi connectivity index (χ3v) is 6.67. The zero-order valence-corrected chi connectivity index (χ0v) is 20.7. The summed E-state index contributed by atoms with van der Waals surface area (Å²) in [6.07, 6.45) is 11.0. The molecule has 0 fully saturated rings. The fourth-order valence-corrected chi connectivity index (χ4v) is 4.57. The number of carboxylic acids is 1. The van der Waals surface area contributed by atoms with Crippen LogP contribution in [0, 0.1) is 0 Å². The number of aromatic carboxylic acids is 1. The zero-order valence-electron chi connectivity index (χ0n) is 20.7. The average molecular weight is 484 g/mol.